The van der Waals surface area contributed by atoms with E-state index in [0.717, 1.165) is 25.8 Å². The van der Waals surface area contributed by atoms with Gasteiger partial charge in [-0.25, -0.2) is 0 Å². The van der Waals surface area contributed by atoms with Gasteiger partial charge in [0.1, 0.15) is 0 Å². The van der Waals surface area contributed by atoms with Gasteiger partial charge >= 0.3 is 0 Å². The van der Waals surface area contributed by atoms with E-state index in [2.05, 4.69) is 27.7 Å². The molecular weight excluding hydrogens is 162 g/mol. The van der Waals surface area contributed by atoms with Gasteiger partial charge in [-0.15, -0.1) is 0 Å². The fourth-order valence-corrected chi connectivity index (χ4v) is 1.43. The van der Waals surface area contributed by atoms with Crippen LogP contribution in [0.1, 0.15) is 53.4 Å². The normalized spacial score (nSPS) is 12.6. The van der Waals surface area contributed by atoms with Crippen LogP contribution in [0.4, 0.5) is 0 Å². The van der Waals surface area contributed by atoms with Gasteiger partial charge in [0, 0.05) is 19.0 Å². The second-order valence-corrected chi connectivity index (χ2v) is 3.54. The lowest BCUT2D eigenvalue weighted by atomic mass is 10.1. The quantitative estimate of drug-likeness (QED) is 0.623. The first-order chi connectivity index (χ1) is 6.17. The Labute approximate surface area is 82.3 Å². The number of carbonyl (C=O) groups excluding carboxylic acids is 1. The van der Waals surface area contributed by atoms with Gasteiger partial charge < -0.3 is 4.90 Å². The molecule has 0 radical (unpaired) electrons. The number of unbranched alkanes of at least 4 members (excludes halogenated alkanes) is 1. The van der Waals surface area contributed by atoms with Crippen LogP contribution in [0.2, 0.25) is 0 Å². The van der Waals surface area contributed by atoms with Gasteiger partial charge in [-0.3, -0.25) is 4.79 Å². The van der Waals surface area contributed by atoms with Crippen molar-refractivity contribution in [1.29, 1.82) is 0 Å². The summed E-state index contributed by atoms with van der Waals surface area (Å²) in [7, 11) is 0. The van der Waals surface area contributed by atoms with Crippen molar-refractivity contribution < 1.29 is 4.79 Å². The minimum absolute atomic E-state index is 0.318. The molecule has 0 saturated carbocycles. The molecule has 78 valence electrons. The third-order valence-electron chi connectivity index (χ3n) is 2.53. The van der Waals surface area contributed by atoms with Crippen LogP contribution in [0, 0.1) is 0 Å². The first-order valence-electron chi connectivity index (χ1n) is 5.46. The monoisotopic (exact) mass is 185 g/mol. The minimum Gasteiger partial charge on any atom is -0.340 e. The van der Waals surface area contributed by atoms with Crippen molar-refractivity contribution in [2.45, 2.75) is 59.4 Å². The molecule has 2 heteroatoms. The summed E-state index contributed by atoms with van der Waals surface area (Å²) in [6.45, 7) is 9.26. The summed E-state index contributed by atoms with van der Waals surface area (Å²) in [5.41, 5.74) is 0. The Hall–Kier alpha value is -0.530. The van der Waals surface area contributed by atoms with E-state index in [1.54, 1.807) is 0 Å². The predicted molar refractivity (Wildman–Crippen MR) is 56.7 cm³/mol. The molecule has 0 bridgehead atoms. The summed E-state index contributed by atoms with van der Waals surface area (Å²) >= 11 is 0. The molecule has 0 aromatic carbocycles. The molecule has 2 nitrogen and oxygen atoms in total. The smallest absolute Gasteiger partial charge is 0.222 e. The van der Waals surface area contributed by atoms with Gasteiger partial charge in [-0.05, 0) is 26.7 Å². The van der Waals surface area contributed by atoms with Gasteiger partial charge in [0.15, 0.2) is 0 Å². The summed E-state index contributed by atoms with van der Waals surface area (Å²) in [4.78, 5) is 13.6. The Balaban J connectivity index is 3.99. The number of nitrogens with zero attached hydrogens (tertiary/aromatic N) is 1. The molecule has 1 unspecified atom stereocenters. The molecular formula is C11H23NO. The summed E-state index contributed by atoms with van der Waals surface area (Å²) in [6, 6.07) is 0.398. The third-order valence-corrected chi connectivity index (χ3v) is 2.53. The van der Waals surface area contributed by atoms with Crippen LogP contribution in [-0.2, 0) is 4.79 Å². The second-order valence-electron chi connectivity index (χ2n) is 3.54. The standard InChI is InChI=1S/C11H23NO/c1-5-8-9-11(13)12(7-3)10(4)6-2/h10H,5-9H2,1-4H3. The maximum Gasteiger partial charge on any atom is 0.222 e. The Bertz CT molecular complexity index is 145. The lowest BCUT2D eigenvalue weighted by molar-refractivity contribution is -0.133. The molecule has 0 rings (SSSR count). The van der Waals surface area contributed by atoms with Crippen LogP contribution in [0.25, 0.3) is 0 Å². The molecule has 13 heavy (non-hydrogen) atoms. The highest BCUT2D eigenvalue weighted by Crippen LogP contribution is 2.07. The Morgan fingerprint density at radius 2 is 1.92 bits per heavy atom. The molecule has 0 spiro atoms. The van der Waals surface area contributed by atoms with Gasteiger partial charge in [0.05, 0.1) is 0 Å². The Morgan fingerprint density at radius 1 is 1.31 bits per heavy atom. The largest absolute Gasteiger partial charge is 0.340 e. The van der Waals surface area contributed by atoms with Crippen molar-refractivity contribution in [3.05, 3.63) is 0 Å². The zero-order chi connectivity index (χ0) is 10.3. The van der Waals surface area contributed by atoms with Gasteiger partial charge in [0.2, 0.25) is 5.91 Å². The molecule has 0 fully saturated rings. The number of hydrogen-bond acceptors (Lipinski definition) is 1. The van der Waals surface area contributed by atoms with E-state index in [1.807, 2.05) is 4.90 Å². The van der Waals surface area contributed by atoms with E-state index >= 15 is 0 Å². The molecule has 0 aromatic rings. The van der Waals surface area contributed by atoms with Gasteiger partial charge in [-0.1, -0.05) is 20.3 Å². The van der Waals surface area contributed by atoms with Crippen LogP contribution >= 0.6 is 0 Å². The van der Waals surface area contributed by atoms with E-state index in [4.69, 9.17) is 0 Å². The average Bonchev–Trinajstić information content (AvgIpc) is 2.15. The molecule has 0 aliphatic carbocycles. The van der Waals surface area contributed by atoms with Crippen molar-refractivity contribution in [2.75, 3.05) is 6.54 Å². The van der Waals surface area contributed by atoms with E-state index in [1.165, 1.54) is 0 Å². The first kappa shape index (κ1) is 12.5. The molecule has 0 aliphatic heterocycles. The molecule has 0 N–H and O–H groups in total. The molecule has 1 amide bonds. The van der Waals surface area contributed by atoms with Gasteiger partial charge in [0.25, 0.3) is 0 Å². The lowest BCUT2D eigenvalue weighted by Gasteiger charge is -2.27. The van der Waals surface area contributed by atoms with E-state index in [9.17, 15) is 4.79 Å². The second kappa shape index (κ2) is 6.93. The summed E-state index contributed by atoms with van der Waals surface area (Å²) < 4.78 is 0. The predicted octanol–water partition coefficient (Wildman–Crippen LogP) is 2.82. The number of rotatable bonds is 6. The fraction of sp³-hybridized carbons (Fsp3) is 0.909. The topological polar surface area (TPSA) is 20.3 Å². The molecule has 0 aromatic heterocycles. The van der Waals surface area contributed by atoms with E-state index in [-0.39, 0.29) is 0 Å². The summed E-state index contributed by atoms with van der Waals surface area (Å²) in [5, 5.41) is 0. The van der Waals surface area contributed by atoms with Crippen molar-refractivity contribution in [1.82, 2.24) is 4.90 Å². The third kappa shape index (κ3) is 4.30. The Morgan fingerprint density at radius 3 is 2.31 bits per heavy atom. The zero-order valence-corrected chi connectivity index (χ0v) is 9.47. The zero-order valence-electron chi connectivity index (χ0n) is 9.47. The molecule has 1 atom stereocenters. The van der Waals surface area contributed by atoms with E-state index in [0.29, 0.717) is 18.4 Å². The fourth-order valence-electron chi connectivity index (χ4n) is 1.43. The highest BCUT2D eigenvalue weighted by atomic mass is 16.2. The number of carbonyl (C=O) groups is 1. The molecule has 0 aliphatic rings. The van der Waals surface area contributed by atoms with Crippen LogP contribution in [0.5, 0.6) is 0 Å². The maximum atomic E-state index is 11.7. The maximum absolute atomic E-state index is 11.7. The van der Waals surface area contributed by atoms with Crippen LogP contribution in [-0.4, -0.2) is 23.4 Å². The lowest BCUT2D eigenvalue weighted by Crippen LogP contribution is -2.37. The number of amides is 1. The van der Waals surface area contributed by atoms with Crippen LogP contribution in [0.15, 0.2) is 0 Å². The number of hydrogen-bond donors (Lipinski definition) is 0. The van der Waals surface area contributed by atoms with Crippen molar-refractivity contribution >= 4 is 5.91 Å². The van der Waals surface area contributed by atoms with Gasteiger partial charge in [-0.2, -0.15) is 0 Å². The highest BCUT2D eigenvalue weighted by Gasteiger charge is 2.15. The van der Waals surface area contributed by atoms with Crippen LogP contribution < -0.4 is 0 Å². The molecule has 0 saturated heterocycles. The summed E-state index contributed by atoms with van der Waals surface area (Å²) in [6.07, 6.45) is 3.88. The summed E-state index contributed by atoms with van der Waals surface area (Å²) in [5.74, 6) is 0.318. The van der Waals surface area contributed by atoms with Crippen LogP contribution in [0.3, 0.4) is 0 Å². The Kier molecular flexibility index (Phi) is 6.65. The average molecular weight is 185 g/mol. The van der Waals surface area contributed by atoms with Crippen molar-refractivity contribution in [2.24, 2.45) is 0 Å². The van der Waals surface area contributed by atoms with Crippen molar-refractivity contribution in [3.63, 3.8) is 0 Å². The first-order valence-corrected chi connectivity index (χ1v) is 5.46. The SMILES string of the molecule is CCCCC(=O)N(CC)C(C)CC. The minimum atomic E-state index is 0.318. The molecule has 0 heterocycles. The van der Waals surface area contributed by atoms with Crippen molar-refractivity contribution in [3.8, 4) is 0 Å². The van der Waals surface area contributed by atoms with E-state index < -0.39 is 0 Å². The highest BCUT2D eigenvalue weighted by molar-refractivity contribution is 5.76.